The first kappa shape index (κ1) is 21.5. The molecule has 2 aromatic carbocycles. The van der Waals surface area contributed by atoms with Crippen molar-refractivity contribution < 1.29 is 9.59 Å². The number of thiophene rings is 1. The van der Waals surface area contributed by atoms with Crippen molar-refractivity contribution >= 4 is 34.6 Å². The highest BCUT2D eigenvalue weighted by atomic mass is 32.1. The Labute approximate surface area is 180 Å². The van der Waals surface area contributed by atoms with Crippen LogP contribution in [0.15, 0.2) is 71.1 Å². The van der Waals surface area contributed by atoms with E-state index in [0.717, 1.165) is 5.56 Å². The van der Waals surface area contributed by atoms with E-state index in [1.807, 2.05) is 66.9 Å². The SMILES string of the molecule is C/C(=N/NC(=O)c1cccs1)c1ccc(NC(=O)c2ccc(C(C)(C)C)cc2)cc1. The fourth-order valence-corrected chi connectivity index (χ4v) is 3.40. The third-order valence-electron chi connectivity index (χ3n) is 4.64. The Morgan fingerprint density at radius 2 is 1.50 bits per heavy atom. The molecule has 0 fully saturated rings. The van der Waals surface area contributed by atoms with Gasteiger partial charge in [-0.25, -0.2) is 5.43 Å². The maximum Gasteiger partial charge on any atom is 0.281 e. The topological polar surface area (TPSA) is 70.6 Å². The van der Waals surface area contributed by atoms with E-state index in [2.05, 4.69) is 36.6 Å². The zero-order valence-corrected chi connectivity index (χ0v) is 18.3. The normalized spacial score (nSPS) is 11.8. The van der Waals surface area contributed by atoms with Crippen LogP contribution in [0.3, 0.4) is 0 Å². The fraction of sp³-hybridized carbons (Fsp3) is 0.208. The summed E-state index contributed by atoms with van der Waals surface area (Å²) in [5, 5.41) is 8.90. The van der Waals surface area contributed by atoms with Crippen LogP contribution >= 0.6 is 11.3 Å². The van der Waals surface area contributed by atoms with Gasteiger partial charge in [0.1, 0.15) is 0 Å². The Balaban J connectivity index is 1.61. The van der Waals surface area contributed by atoms with E-state index in [-0.39, 0.29) is 17.2 Å². The molecule has 3 aromatic rings. The van der Waals surface area contributed by atoms with Crippen LogP contribution in [0.5, 0.6) is 0 Å². The molecule has 3 rings (SSSR count). The summed E-state index contributed by atoms with van der Waals surface area (Å²) in [4.78, 5) is 25.1. The van der Waals surface area contributed by atoms with Gasteiger partial charge in [0.05, 0.1) is 10.6 Å². The predicted molar refractivity (Wildman–Crippen MR) is 124 cm³/mol. The predicted octanol–water partition coefficient (Wildman–Crippen LogP) is 5.45. The van der Waals surface area contributed by atoms with Gasteiger partial charge in [0.2, 0.25) is 0 Å². The number of hydrazone groups is 1. The van der Waals surface area contributed by atoms with Crippen LogP contribution in [0.4, 0.5) is 5.69 Å². The van der Waals surface area contributed by atoms with Crippen molar-refractivity contribution in [1.82, 2.24) is 5.43 Å². The first-order chi connectivity index (χ1) is 14.2. The third kappa shape index (κ3) is 5.42. The summed E-state index contributed by atoms with van der Waals surface area (Å²) in [7, 11) is 0. The number of hydrogen-bond acceptors (Lipinski definition) is 4. The maximum atomic E-state index is 12.5. The van der Waals surface area contributed by atoms with Crippen molar-refractivity contribution in [3.05, 3.63) is 87.6 Å². The molecule has 2 N–H and O–H groups in total. The Morgan fingerprint density at radius 3 is 2.07 bits per heavy atom. The summed E-state index contributed by atoms with van der Waals surface area (Å²) >= 11 is 1.36. The summed E-state index contributed by atoms with van der Waals surface area (Å²) in [5.41, 5.74) is 6.63. The van der Waals surface area contributed by atoms with Crippen molar-refractivity contribution in [2.24, 2.45) is 5.10 Å². The van der Waals surface area contributed by atoms with E-state index in [1.165, 1.54) is 16.9 Å². The molecule has 6 heteroatoms. The molecule has 5 nitrogen and oxygen atoms in total. The summed E-state index contributed by atoms with van der Waals surface area (Å²) in [5.74, 6) is -0.387. The van der Waals surface area contributed by atoms with Crippen molar-refractivity contribution in [2.45, 2.75) is 33.1 Å². The van der Waals surface area contributed by atoms with Gasteiger partial charge in [-0.15, -0.1) is 11.3 Å². The fourth-order valence-electron chi connectivity index (χ4n) is 2.78. The molecule has 154 valence electrons. The van der Waals surface area contributed by atoms with E-state index in [1.54, 1.807) is 6.07 Å². The number of rotatable bonds is 5. The Kier molecular flexibility index (Phi) is 6.47. The number of hydrogen-bond donors (Lipinski definition) is 2. The molecule has 0 spiro atoms. The second-order valence-corrected chi connectivity index (χ2v) is 8.92. The molecular weight excluding hydrogens is 394 g/mol. The number of amides is 2. The monoisotopic (exact) mass is 419 g/mol. The van der Waals surface area contributed by atoms with Crippen LogP contribution < -0.4 is 10.7 Å². The summed E-state index contributed by atoms with van der Waals surface area (Å²) in [6.07, 6.45) is 0. The largest absolute Gasteiger partial charge is 0.322 e. The highest BCUT2D eigenvalue weighted by Crippen LogP contribution is 2.22. The molecule has 0 aliphatic heterocycles. The van der Waals surface area contributed by atoms with Gasteiger partial charge in [0, 0.05) is 11.3 Å². The zero-order valence-electron chi connectivity index (χ0n) is 17.5. The van der Waals surface area contributed by atoms with Crippen LogP contribution in [0.25, 0.3) is 0 Å². The van der Waals surface area contributed by atoms with Crippen LogP contribution in [0.1, 0.15) is 58.9 Å². The lowest BCUT2D eigenvalue weighted by Crippen LogP contribution is -2.18. The van der Waals surface area contributed by atoms with Gasteiger partial charge in [-0.3, -0.25) is 9.59 Å². The number of nitrogens with zero attached hydrogens (tertiary/aromatic N) is 1. The molecule has 2 amide bonds. The Hall–Kier alpha value is -3.25. The van der Waals surface area contributed by atoms with Gasteiger partial charge in [-0.1, -0.05) is 51.1 Å². The molecule has 0 saturated carbocycles. The third-order valence-corrected chi connectivity index (χ3v) is 5.51. The van der Waals surface area contributed by atoms with E-state index < -0.39 is 0 Å². The lowest BCUT2D eigenvalue weighted by Gasteiger charge is -2.19. The van der Waals surface area contributed by atoms with Crippen molar-refractivity contribution in [1.29, 1.82) is 0 Å². The van der Waals surface area contributed by atoms with Gasteiger partial charge < -0.3 is 5.32 Å². The van der Waals surface area contributed by atoms with E-state index in [9.17, 15) is 9.59 Å². The van der Waals surface area contributed by atoms with Gasteiger partial charge in [-0.2, -0.15) is 5.10 Å². The van der Waals surface area contributed by atoms with E-state index in [4.69, 9.17) is 0 Å². The molecule has 0 bridgehead atoms. The average Bonchev–Trinajstić information content (AvgIpc) is 3.27. The maximum absolute atomic E-state index is 12.5. The van der Waals surface area contributed by atoms with Crippen LogP contribution in [0, 0.1) is 0 Å². The molecule has 1 aromatic heterocycles. The lowest BCUT2D eigenvalue weighted by atomic mass is 9.87. The van der Waals surface area contributed by atoms with Crippen molar-refractivity contribution in [3.63, 3.8) is 0 Å². The van der Waals surface area contributed by atoms with Gasteiger partial charge >= 0.3 is 0 Å². The lowest BCUT2D eigenvalue weighted by molar-refractivity contribution is 0.0958. The van der Waals surface area contributed by atoms with Crippen LogP contribution in [-0.2, 0) is 5.41 Å². The molecule has 0 saturated heterocycles. The summed E-state index contributed by atoms with van der Waals surface area (Å²) < 4.78 is 0. The number of anilines is 1. The number of benzene rings is 2. The minimum Gasteiger partial charge on any atom is -0.322 e. The minimum atomic E-state index is -0.231. The summed E-state index contributed by atoms with van der Waals surface area (Å²) in [6, 6.07) is 18.6. The molecule has 0 aliphatic carbocycles. The Morgan fingerprint density at radius 1 is 0.867 bits per heavy atom. The number of carbonyl (C=O) groups is 2. The molecule has 0 unspecified atom stereocenters. The van der Waals surface area contributed by atoms with Crippen LogP contribution in [-0.4, -0.2) is 17.5 Å². The quantitative estimate of drug-likeness (QED) is 0.426. The summed E-state index contributed by atoms with van der Waals surface area (Å²) in [6.45, 7) is 8.24. The highest BCUT2D eigenvalue weighted by molar-refractivity contribution is 7.12. The molecule has 0 aliphatic rings. The van der Waals surface area contributed by atoms with Gasteiger partial charge in [-0.05, 0) is 59.2 Å². The molecule has 30 heavy (non-hydrogen) atoms. The van der Waals surface area contributed by atoms with E-state index in [0.29, 0.717) is 21.8 Å². The molecular formula is C24H25N3O2S. The molecule has 1 heterocycles. The second-order valence-electron chi connectivity index (χ2n) is 7.97. The molecule has 0 radical (unpaired) electrons. The van der Waals surface area contributed by atoms with E-state index >= 15 is 0 Å². The molecule has 0 atom stereocenters. The second kappa shape index (κ2) is 9.05. The smallest absolute Gasteiger partial charge is 0.281 e. The average molecular weight is 420 g/mol. The number of carbonyl (C=O) groups excluding carboxylic acids is 2. The zero-order chi connectivity index (χ0) is 21.7. The highest BCUT2D eigenvalue weighted by Gasteiger charge is 2.14. The number of nitrogens with one attached hydrogen (secondary N) is 2. The minimum absolute atomic E-state index is 0.0491. The standard InChI is InChI=1S/C24H25N3O2S/c1-16(26-27-23(29)21-6-5-15-30-21)17-9-13-20(14-10-17)25-22(28)18-7-11-19(12-8-18)24(2,3)4/h5-15H,1-4H3,(H,25,28)(H,27,29)/b26-16-. The Bertz CT molecular complexity index is 1050. The first-order valence-electron chi connectivity index (χ1n) is 9.64. The van der Waals surface area contributed by atoms with Gasteiger partial charge in [0.15, 0.2) is 0 Å². The van der Waals surface area contributed by atoms with Crippen LogP contribution in [0.2, 0.25) is 0 Å². The first-order valence-corrected chi connectivity index (χ1v) is 10.5. The van der Waals surface area contributed by atoms with Crippen molar-refractivity contribution in [3.8, 4) is 0 Å². The van der Waals surface area contributed by atoms with Crippen molar-refractivity contribution in [2.75, 3.05) is 5.32 Å². The van der Waals surface area contributed by atoms with Gasteiger partial charge in [0.25, 0.3) is 11.8 Å².